The third-order valence-corrected chi connectivity index (χ3v) is 3.74. The van der Waals surface area contributed by atoms with Gasteiger partial charge in [0.15, 0.2) is 0 Å². The van der Waals surface area contributed by atoms with E-state index < -0.39 is 0 Å². The molecule has 0 radical (unpaired) electrons. The van der Waals surface area contributed by atoms with Crippen LogP contribution in [0.3, 0.4) is 0 Å². The molecular formula is C21H28O2. The van der Waals surface area contributed by atoms with Crippen LogP contribution in [-0.4, -0.2) is 18.8 Å². The largest absolute Gasteiger partial charge is 0.376 e. The van der Waals surface area contributed by atoms with E-state index in [1.54, 1.807) is 0 Å². The highest BCUT2D eigenvalue weighted by Gasteiger charge is 2.18. The summed E-state index contributed by atoms with van der Waals surface area (Å²) in [6.07, 6.45) is 16.2. The van der Waals surface area contributed by atoms with E-state index in [2.05, 4.69) is 30.9 Å². The fourth-order valence-corrected chi connectivity index (χ4v) is 2.34. The molecule has 2 heteroatoms. The van der Waals surface area contributed by atoms with Gasteiger partial charge in [-0.25, -0.2) is 0 Å². The molecule has 0 aromatic heterocycles. The summed E-state index contributed by atoms with van der Waals surface area (Å²) >= 11 is 0. The maximum atomic E-state index is 6.09. The fourth-order valence-electron chi connectivity index (χ4n) is 2.34. The molecule has 1 aromatic carbocycles. The Bertz CT molecular complexity index is 481. The molecule has 2 nitrogen and oxygen atoms in total. The highest BCUT2D eigenvalue weighted by Crippen LogP contribution is 2.15. The van der Waals surface area contributed by atoms with Crippen LogP contribution in [0.5, 0.6) is 0 Å². The highest BCUT2D eigenvalue weighted by atomic mass is 16.5. The Balaban J connectivity index is 2.40. The Morgan fingerprint density at radius 3 is 2.35 bits per heavy atom. The van der Waals surface area contributed by atoms with Crippen LogP contribution in [0, 0.1) is 24.7 Å². The van der Waals surface area contributed by atoms with Gasteiger partial charge in [0.25, 0.3) is 0 Å². The molecule has 0 saturated heterocycles. The van der Waals surface area contributed by atoms with Gasteiger partial charge in [-0.15, -0.1) is 24.7 Å². The number of benzene rings is 1. The fraction of sp³-hybridized carbons (Fsp3) is 0.524. The predicted molar refractivity (Wildman–Crippen MR) is 95.8 cm³/mol. The molecule has 0 bridgehead atoms. The first kappa shape index (κ1) is 19.3. The molecule has 23 heavy (non-hydrogen) atoms. The summed E-state index contributed by atoms with van der Waals surface area (Å²) in [6, 6.07) is 10.2. The van der Waals surface area contributed by atoms with Crippen molar-refractivity contribution >= 4 is 0 Å². The summed E-state index contributed by atoms with van der Waals surface area (Å²) in [6.45, 7) is 3.41. The van der Waals surface area contributed by atoms with Gasteiger partial charge in [-0.2, -0.15) is 0 Å². The molecule has 1 rings (SSSR count). The Morgan fingerprint density at radius 1 is 0.957 bits per heavy atom. The van der Waals surface area contributed by atoms with E-state index in [9.17, 15) is 0 Å². The Morgan fingerprint density at radius 2 is 1.65 bits per heavy atom. The summed E-state index contributed by atoms with van der Waals surface area (Å²) in [5.74, 6) is 5.34. The standard InChI is InChI=1S/C21H28O2/c1-4-6-8-13-17-22-19(3)21(16-10-7-5-2)23-18-20-14-11-9-12-15-20/h1-2,9,11-12,14-15,19,21H,6-8,10,13,16-18H2,3H3. The molecular weight excluding hydrogens is 284 g/mol. The predicted octanol–water partition coefficient (Wildman–Crippen LogP) is 4.58. The lowest BCUT2D eigenvalue weighted by molar-refractivity contribution is -0.0757. The van der Waals surface area contributed by atoms with Crippen LogP contribution in [0.25, 0.3) is 0 Å². The van der Waals surface area contributed by atoms with Crippen LogP contribution in [0.4, 0.5) is 0 Å². The SMILES string of the molecule is C#CCCCCOC(C)C(CCCC#C)OCc1ccccc1. The molecule has 0 aliphatic carbocycles. The zero-order chi connectivity index (χ0) is 16.8. The maximum Gasteiger partial charge on any atom is 0.0838 e. The Labute approximate surface area is 141 Å². The number of ether oxygens (including phenoxy) is 2. The second-order valence-corrected chi connectivity index (χ2v) is 5.67. The van der Waals surface area contributed by atoms with E-state index in [0.29, 0.717) is 6.61 Å². The molecule has 1 aromatic rings. The van der Waals surface area contributed by atoms with E-state index in [1.165, 1.54) is 5.56 Å². The molecule has 0 aliphatic rings. The lowest BCUT2D eigenvalue weighted by atomic mass is 10.1. The summed E-state index contributed by atoms with van der Waals surface area (Å²) in [7, 11) is 0. The molecule has 0 amide bonds. The summed E-state index contributed by atoms with van der Waals surface area (Å²) in [5.41, 5.74) is 1.18. The smallest absolute Gasteiger partial charge is 0.0838 e. The molecule has 124 valence electrons. The van der Waals surface area contributed by atoms with Crippen molar-refractivity contribution in [3.8, 4) is 24.7 Å². The van der Waals surface area contributed by atoms with Crippen molar-refractivity contribution in [3.63, 3.8) is 0 Å². The summed E-state index contributed by atoms with van der Waals surface area (Å²) in [5, 5.41) is 0. The first-order valence-corrected chi connectivity index (χ1v) is 8.42. The lowest BCUT2D eigenvalue weighted by Gasteiger charge is -2.25. The van der Waals surface area contributed by atoms with Crippen molar-refractivity contribution in [1.82, 2.24) is 0 Å². The molecule has 0 spiro atoms. The Hall–Kier alpha value is -1.74. The number of rotatable bonds is 12. The molecule has 0 heterocycles. The molecule has 2 unspecified atom stereocenters. The Kier molecular flexibility index (Phi) is 10.7. The van der Waals surface area contributed by atoms with Gasteiger partial charge in [0.1, 0.15) is 0 Å². The lowest BCUT2D eigenvalue weighted by Crippen LogP contribution is -2.29. The minimum absolute atomic E-state index is 0.0577. The van der Waals surface area contributed by atoms with Gasteiger partial charge in [0.05, 0.1) is 18.8 Å². The van der Waals surface area contributed by atoms with Gasteiger partial charge in [-0.3, -0.25) is 0 Å². The van der Waals surface area contributed by atoms with Gasteiger partial charge in [0, 0.05) is 19.4 Å². The average Bonchev–Trinajstić information content (AvgIpc) is 2.58. The van der Waals surface area contributed by atoms with Crippen LogP contribution in [-0.2, 0) is 16.1 Å². The molecule has 0 N–H and O–H groups in total. The van der Waals surface area contributed by atoms with Crippen molar-refractivity contribution in [2.75, 3.05) is 6.61 Å². The van der Waals surface area contributed by atoms with E-state index in [4.69, 9.17) is 22.3 Å². The van der Waals surface area contributed by atoms with Crippen molar-refractivity contribution in [3.05, 3.63) is 35.9 Å². The number of hydrogen-bond donors (Lipinski definition) is 0. The van der Waals surface area contributed by atoms with Crippen molar-refractivity contribution in [2.45, 2.75) is 64.3 Å². The molecule has 2 atom stereocenters. The highest BCUT2D eigenvalue weighted by molar-refractivity contribution is 5.13. The third-order valence-electron chi connectivity index (χ3n) is 3.74. The summed E-state index contributed by atoms with van der Waals surface area (Å²) < 4.78 is 12.0. The van der Waals surface area contributed by atoms with Crippen LogP contribution >= 0.6 is 0 Å². The van der Waals surface area contributed by atoms with Gasteiger partial charge in [-0.05, 0) is 38.2 Å². The van der Waals surface area contributed by atoms with E-state index in [0.717, 1.165) is 45.1 Å². The quantitative estimate of drug-likeness (QED) is 0.415. The molecule has 0 saturated carbocycles. The van der Waals surface area contributed by atoms with Crippen molar-refractivity contribution < 1.29 is 9.47 Å². The van der Waals surface area contributed by atoms with Gasteiger partial charge in [-0.1, -0.05) is 30.3 Å². The number of terminal acetylenes is 2. The van der Waals surface area contributed by atoms with Crippen LogP contribution in [0.2, 0.25) is 0 Å². The molecule has 0 fully saturated rings. The first-order valence-electron chi connectivity index (χ1n) is 8.42. The van der Waals surface area contributed by atoms with E-state index in [1.807, 2.05) is 18.2 Å². The number of hydrogen-bond acceptors (Lipinski definition) is 2. The van der Waals surface area contributed by atoms with Gasteiger partial charge in [0.2, 0.25) is 0 Å². The second-order valence-electron chi connectivity index (χ2n) is 5.67. The van der Waals surface area contributed by atoms with E-state index >= 15 is 0 Å². The second kappa shape index (κ2) is 12.8. The molecule has 0 aliphatic heterocycles. The van der Waals surface area contributed by atoms with E-state index in [-0.39, 0.29) is 12.2 Å². The van der Waals surface area contributed by atoms with Crippen LogP contribution < -0.4 is 0 Å². The topological polar surface area (TPSA) is 18.5 Å². The maximum absolute atomic E-state index is 6.09. The zero-order valence-corrected chi connectivity index (χ0v) is 14.2. The summed E-state index contributed by atoms with van der Waals surface area (Å²) in [4.78, 5) is 0. The average molecular weight is 312 g/mol. The van der Waals surface area contributed by atoms with Crippen molar-refractivity contribution in [2.24, 2.45) is 0 Å². The third kappa shape index (κ3) is 9.09. The minimum Gasteiger partial charge on any atom is -0.376 e. The normalized spacial score (nSPS) is 13.0. The van der Waals surface area contributed by atoms with Crippen LogP contribution in [0.15, 0.2) is 30.3 Å². The minimum atomic E-state index is 0.0577. The monoisotopic (exact) mass is 312 g/mol. The van der Waals surface area contributed by atoms with Gasteiger partial charge < -0.3 is 9.47 Å². The zero-order valence-electron chi connectivity index (χ0n) is 14.2. The first-order chi connectivity index (χ1) is 11.3. The van der Waals surface area contributed by atoms with Crippen molar-refractivity contribution in [1.29, 1.82) is 0 Å². The number of unbranched alkanes of at least 4 members (excludes halogenated alkanes) is 3. The van der Waals surface area contributed by atoms with Crippen LogP contribution in [0.1, 0.15) is 51.0 Å². The van der Waals surface area contributed by atoms with Gasteiger partial charge >= 0.3 is 0 Å².